The van der Waals surface area contributed by atoms with Crippen LogP contribution in [0.25, 0.3) is 17.4 Å². The highest BCUT2D eigenvalue weighted by molar-refractivity contribution is 8.18. The van der Waals surface area contributed by atoms with Crippen molar-refractivity contribution in [1.82, 2.24) is 9.88 Å². The molecule has 3 heterocycles. The average Bonchev–Trinajstić information content (AvgIpc) is 3.44. The summed E-state index contributed by atoms with van der Waals surface area (Å²) >= 11 is 8.81. The fourth-order valence-electron chi connectivity index (χ4n) is 2.74. The van der Waals surface area contributed by atoms with Gasteiger partial charge in [0.15, 0.2) is 5.17 Å². The van der Waals surface area contributed by atoms with Gasteiger partial charge in [-0.1, -0.05) is 11.6 Å². The maximum atomic E-state index is 12.7. The van der Waals surface area contributed by atoms with Crippen LogP contribution in [-0.2, 0) is 4.79 Å². The number of nitro groups is 1. The largest absolute Gasteiger partial charge is 0.457 e. The number of carbonyl (C=O) groups is 1. The Morgan fingerprint density at radius 1 is 1.37 bits per heavy atom. The summed E-state index contributed by atoms with van der Waals surface area (Å²) < 4.78 is 5.81. The van der Waals surface area contributed by atoms with Crippen LogP contribution in [0.15, 0.2) is 56.2 Å². The Bertz CT molecular complexity index is 1190. The Kier molecular flexibility index (Phi) is 5.71. The van der Waals surface area contributed by atoms with Crippen LogP contribution in [0.5, 0.6) is 0 Å². The molecule has 1 fully saturated rings. The first kappa shape index (κ1) is 20.3. The number of hydrogen-bond donors (Lipinski definition) is 0. The number of benzene rings is 1. The van der Waals surface area contributed by atoms with E-state index in [1.807, 2.05) is 12.3 Å². The molecule has 152 valence electrons. The molecule has 1 amide bonds. The van der Waals surface area contributed by atoms with Crippen molar-refractivity contribution in [2.75, 3.05) is 6.54 Å². The van der Waals surface area contributed by atoms with Crippen molar-refractivity contribution < 1.29 is 14.1 Å². The number of nitro benzene ring substituents is 1. The first-order valence-electron chi connectivity index (χ1n) is 8.70. The van der Waals surface area contributed by atoms with Crippen molar-refractivity contribution in [3.05, 3.63) is 67.7 Å². The normalized spacial score (nSPS) is 16.7. The third-order valence-corrected chi connectivity index (χ3v) is 6.13. The molecule has 0 saturated carbocycles. The second kappa shape index (κ2) is 8.42. The smallest absolute Gasteiger partial charge is 0.270 e. The van der Waals surface area contributed by atoms with E-state index in [4.69, 9.17) is 16.0 Å². The standard InChI is InChI=1S/C19H13ClN4O4S2/c1-2-23-17(25)16(30-19(23)22-18-21-7-8-29-18)10-12-4-6-15(28-12)13-5-3-11(24(26)27)9-14(13)20/h3-10H,2H2,1H3/b16-10+,22-19+. The Labute approximate surface area is 184 Å². The fourth-order valence-corrected chi connectivity index (χ4v) is 4.60. The van der Waals surface area contributed by atoms with Crippen LogP contribution in [-0.4, -0.2) is 32.4 Å². The number of hydrogen-bond acceptors (Lipinski definition) is 8. The number of halogens is 1. The molecule has 8 nitrogen and oxygen atoms in total. The average molecular weight is 461 g/mol. The molecule has 3 aromatic rings. The van der Waals surface area contributed by atoms with Gasteiger partial charge in [0.1, 0.15) is 11.5 Å². The number of amides is 1. The lowest BCUT2D eigenvalue weighted by molar-refractivity contribution is -0.384. The molecule has 0 N–H and O–H groups in total. The highest BCUT2D eigenvalue weighted by atomic mass is 35.5. The van der Waals surface area contributed by atoms with Gasteiger partial charge in [-0.15, -0.1) is 11.3 Å². The molecule has 1 saturated heterocycles. The highest BCUT2D eigenvalue weighted by Gasteiger charge is 2.32. The van der Waals surface area contributed by atoms with Gasteiger partial charge in [0.05, 0.1) is 14.9 Å². The number of furan rings is 1. The zero-order chi connectivity index (χ0) is 21.3. The Balaban J connectivity index is 1.61. The number of likely N-dealkylation sites (N-methyl/N-ethyl adjacent to an activating group) is 1. The number of carbonyl (C=O) groups excluding carboxylic acids is 1. The lowest BCUT2D eigenvalue weighted by Crippen LogP contribution is -2.28. The molecule has 1 aliphatic heterocycles. The predicted octanol–water partition coefficient (Wildman–Crippen LogP) is 5.59. The molecule has 0 radical (unpaired) electrons. The Morgan fingerprint density at radius 2 is 2.20 bits per heavy atom. The number of aliphatic imine (C=N–C) groups is 1. The molecule has 0 unspecified atom stereocenters. The summed E-state index contributed by atoms with van der Waals surface area (Å²) in [6.07, 6.45) is 3.30. The lowest BCUT2D eigenvalue weighted by Gasteiger charge is -2.11. The van der Waals surface area contributed by atoms with Gasteiger partial charge in [-0.2, -0.15) is 4.99 Å². The third kappa shape index (κ3) is 4.02. The van der Waals surface area contributed by atoms with E-state index in [2.05, 4.69) is 9.98 Å². The van der Waals surface area contributed by atoms with Gasteiger partial charge in [-0.25, -0.2) is 4.98 Å². The van der Waals surface area contributed by atoms with Gasteiger partial charge in [0.25, 0.3) is 11.6 Å². The maximum Gasteiger partial charge on any atom is 0.270 e. The van der Waals surface area contributed by atoms with E-state index in [-0.39, 0.29) is 16.6 Å². The third-order valence-electron chi connectivity index (χ3n) is 4.14. The Hall–Kier alpha value is -2.95. The summed E-state index contributed by atoms with van der Waals surface area (Å²) in [7, 11) is 0. The van der Waals surface area contributed by atoms with Crippen molar-refractivity contribution in [3.8, 4) is 11.3 Å². The van der Waals surface area contributed by atoms with Gasteiger partial charge in [0, 0.05) is 41.9 Å². The van der Waals surface area contributed by atoms with Gasteiger partial charge < -0.3 is 4.42 Å². The van der Waals surface area contributed by atoms with Crippen LogP contribution >= 0.6 is 34.7 Å². The molecule has 1 aliphatic rings. The van der Waals surface area contributed by atoms with Gasteiger partial charge in [-0.3, -0.25) is 19.8 Å². The fraction of sp³-hybridized carbons (Fsp3) is 0.105. The van der Waals surface area contributed by atoms with Crippen LogP contribution < -0.4 is 0 Å². The molecule has 0 aliphatic carbocycles. The number of thiazole rings is 1. The summed E-state index contributed by atoms with van der Waals surface area (Å²) in [5, 5.41) is 14.0. The van der Waals surface area contributed by atoms with E-state index in [0.29, 0.717) is 38.8 Å². The van der Waals surface area contributed by atoms with Crippen LogP contribution in [0.2, 0.25) is 5.02 Å². The van der Waals surface area contributed by atoms with E-state index in [9.17, 15) is 14.9 Å². The molecule has 0 atom stereocenters. The summed E-state index contributed by atoms with van der Waals surface area (Å²) in [5.74, 6) is 0.743. The molecule has 11 heteroatoms. The zero-order valence-corrected chi connectivity index (χ0v) is 17.8. The second-order valence-electron chi connectivity index (χ2n) is 5.99. The quantitative estimate of drug-likeness (QED) is 0.279. The van der Waals surface area contributed by atoms with Crippen LogP contribution in [0.3, 0.4) is 0 Å². The number of amidine groups is 1. The van der Waals surface area contributed by atoms with Crippen molar-refractivity contribution in [3.63, 3.8) is 0 Å². The van der Waals surface area contributed by atoms with E-state index in [1.54, 1.807) is 29.3 Å². The minimum Gasteiger partial charge on any atom is -0.457 e. The maximum absolute atomic E-state index is 12.7. The lowest BCUT2D eigenvalue weighted by atomic mass is 10.1. The van der Waals surface area contributed by atoms with E-state index in [0.717, 1.165) is 0 Å². The molecule has 2 aromatic heterocycles. The molecule has 30 heavy (non-hydrogen) atoms. The number of aromatic nitrogens is 1. The second-order valence-corrected chi connectivity index (χ2v) is 8.28. The summed E-state index contributed by atoms with van der Waals surface area (Å²) in [6, 6.07) is 7.57. The van der Waals surface area contributed by atoms with Crippen LogP contribution in [0.4, 0.5) is 10.8 Å². The van der Waals surface area contributed by atoms with Crippen molar-refractivity contribution in [2.24, 2.45) is 4.99 Å². The molecule has 4 rings (SSSR count). The van der Waals surface area contributed by atoms with Crippen LogP contribution in [0.1, 0.15) is 12.7 Å². The molecule has 1 aromatic carbocycles. The first-order valence-corrected chi connectivity index (χ1v) is 10.8. The number of non-ortho nitro benzene ring substituents is 1. The van der Waals surface area contributed by atoms with E-state index in [1.165, 1.54) is 41.3 Å². The van der Waals surface area contributed by atoms with E-state index < -0.39 is 4.92 Å². The predicted molar refractivity (Wildman–Crippen MR) is 118 cm³/mol. The Morgan fingerprint density at radius 3 is 2.87 bits per heavy atom. The molecule has 0 bridgehead atoms. The minimum absolute atomic E-state index is 0.0997. The summed E-state index contributed by atoms with van der Waals surface area (Å²) in [4.78, 5) is 33.7. The van der Waals surface area contributed by atoms with Crippen LogP contribution in [0, 0.1) is 10.1 Å². The van der Waals surface area contributed by atoms with Gasteiger partial charge in [0.2, 0.25) is 5.13 Å². The first-order chi connectivity index (χ1) is 14.5. The summed E-state index contributed by atoms with van der Waals surface area (Å²) in [6.45, 7) is 2.36. The molecular formula is C19H13ClN4O4S2. The van der Waals surface area contributed by atoms with Gasteiger partial charge >= 0.3 is 0 Å². The van der Waals surface area contributed by atoms with Crippen molar-refractivity contribution >= 4 is 62.7 Å². The highest BCUT2D eigenvalue weighted by Crippen LogP contribution is 2.36. The van der Waals surface area contributed by atoms with Crippen molar-refractivity contribution in [1.29, 1.82) is 0 Å². The van der Waals surface area contributed by atoms with Gasteiger partial charge in [-0.05, 0) is 36.9 Å². The monoisotopic (exact) mass is 460 g/mol. The SMILES string of the molecule is CCN1C(=O)/C(=C\c2ccc(-c3ccc([N+](=O)[O-])cc3Cl)o2)S/C1=N/c1nccs1. The number of rotatable bonds is 5. The zero-order valence-electron chi connectivity index (χ0n) is 15.4. The topological polar surface area (TPSA) is 102 Å². The number of thioether (sulfide) groups is 1. The molecule has 0 spiro atoms. The molecular weight excluding hydrogens is 448 g/mol. The minimum atomic E-state index is -0.513. The van der Waals surface area contributed by atoms with E-state index >= 15 is 0 Å². The summed E-state index contributed by atoms with van der Waals surface area (Å²) in [5.41, 5.74) is 0.427. The number of nitrogens with zero attached hydrogens (tertiary/aromatic N) is 4. The van der Waals surface area contributed by atoms with Crippen molar-refractivity contribution in [2.45, 2.75) is 6.92 Å².